The quantitative estimate of drug-likeness (QED) is 0.711. The number of para-hydroxylation sites is 2. The van der Waals surface area contributed by atoms with Crippen LogP contribution in [0.1, 0.15) is 25.7 Å². The molecule has 19 heavy (non-hydrogen) atoms. The number of ether oxygens (including phenoxy) is 4. The molecule has 1 saturated heterocycles. The molecule has 4 heteroatoms. The van der Waals surface area contributed by atoms with E-state index in [4.69, 9.17) is 18.9 Å². The van der Waals surface area contributed by atoms with E-state index in [9.17, 15) is 0 Å². The van der Waals surface area contributed by atoms with Crippen LogP contribution >= 0.6 is 0 Å². The molecule has 1 aromatic rings. The van der Waals surface area contributed by atoms with Gasteiger partial charge in [-0.3, -0.25) is 0 Å². The SMILES string of the molecule is COc1ccccc1OCCCO[C@H]1CCCCO1. The van der Waals surface area contributed by atoms with Crippen LogP contribution < -0.4 is 9.47 Å². The average molecular weight is 266 g/mol. The number of hydrogen-bond acceptors (Lipinski definition) is 4. The fourth-order valence-corrected chi connectivity index (χ4v) is 2.04. The molecular weight excluding hydrogens is 244 g/mol. The van der Waals surface area contributed by atoms with Crippen molar-refractivity contribution < 1.29 is 18.9 Å². The lowest BCUT2D eigenvalue weighted by Crippen LogP contribution is -2.23. The molecule has 4 nitrogen and oxygen atoms in total. The molecule has 0 N–H and O–H groups in total. The predicted octanol–water partition coefficient (Wildman–Crippen LogP) is 3.01. The summed E-state index contributed by atoms with van der Waals surface area (Å²) < 4.78 is 22.0. The minimum Gasteiger partial charge on any atom is -0.493 e. The lowest BCUT2D eigenvalue weighted by molar-refractivity contribution is -0.163. The third-order valence-corrected chi connectivity index (χ3v) is 3.06. The Balaban J connectivity index is 1.61. The van der Waals surface area contributed by atoms with E-state index in [1.165, 1.54) is 6.42 Å². The first-order valence-electron chi connectivity index (χ1n) is 6.89. The van der Waals surface area contributed by atoms with Crippen LogP contribution in [0.15, 0.2) is 24.3 Å². The van der Waals surface area contributed by atoms with Gasteiger partial charge < -0.3 is 18.9 Å². The van der Waals surface area contributed by atoms with Crippen molar-refractivity contribution in [3.05, 3.63) is 24.3 Å². The van der Waals surface area contributed by atoms with E-state index in [0.717, 1.165) is 37.4 Å². The molecule has 0 amide bonds. The van der Waals surface area contributed by atoms with Crippen LogP contribution in [-0.2, 0) is 9.47 Å². The summed E-state index contributed by atoms with van der Waals surface area (Å²) in [5, 5.41) is 0. The van der Waals surface area contributed by atoms with Gasteiger partial charge in [-0.05, 0) is 31.4 Å². The van der Waals surface area contributed by atoms with Gasteiger partial charge in [-0.25, -0.2) is 0 Å². The van der Waals surface area contributed by atoms with Crippen molar-refractivity contribution in [2.24, 2.45) is 0 Å². The second kappa shape index (κ2) is 8.02. The van der Waals surface area contributed by atoms with Gasteiger partial charge in [0, 0.05) is 13.0 Å². The average Bonchev–Trinajstić information content (AvgIpc) is 2.48. The van der Waals surface area contributed by atoms with Crippen LogP contribution in [0.25, 0.3) is 0 Å². The molecule has 106 valence electrons. The molecule has 1 aliphatic heterocycles. The molecule has 0 unspecified atom stereocenters. The van der Waals surface area contributed by atoms with Crippen molar-refractivity contribution in [1.82, 2.24) is 0 Å². The number of hydrogen-bond donors (Lipinski definition) is 0. The number of benzene rings is 1. The van der Waals surface area contributed by atoms with Crippen LogP contribution in [0.2, 0.25) is 0 Å². The van der Waals surface area contributed by atoms with Gasteiger partial charge in [-0.2, -0.15) is 0 Å². The molecule has 2 rings (SSSR count). The Morgan fingerprint density at radius 3 is 2.74 bits per heavy atom. The maximum Gasteiger partial charge on any atom is 0.161 e. The van der Waals surface area contributed by atoms with Crippen molar-refractivity contribution in [1.29, 1.82) is 0 Å². The molecule has 1 fully saturated rings. The van der Waals surface area contributed by atoms with E-state index in [1.54, 1.807) is 7.11 Å². The molecule has 1 aromatic carbocycles. The zero-order valence-electron chi connectivity index (χ0n) is 11.5. The topological polar surface area (TPSA) is 36.9 Å². The normalized spacial score (nSPS) is 19.1. The van der Waals surface area contributed by atoms with E-state index in [1.807, 2.05) is 24.3 Å². The van der Waals surface area contributed by atoms with Crippen LogP contribution in [0, 0.1) is 0 Å². The Morgan fingerprint density at radius 1 is 1.16 bits per heavy atom. The van der Waals surface area contributed by atoms with Gasteiger partial charge in [0.1, 0.15) is 0 Å². The van der Waals surface area contributed by atoms with Crippen LogP contribution in [0.4, 0.5) is 0 Å². The summed E-state index contributed by atoms with van der Waals surface area (Å²) in [6.45, 7) is 2.11. The molecule has 1 aliphatic rings. The monoisotopic (exact) mass is 266 g/mol. The maximum atomic E-state index is 5.67. The summed E-state index contributed by atoms with van der Waals surface area (Å²) in [4.78, 5) is 0. The van der Waals surface area contributed by atoms with Gasteiger partial charge in [0.15, 0.2) is 17.8 Å². The van der Waals surface area contributed by atoms with E-state index in [0.29, 0.717) is 13.2 Å². The molecule has 1 atom stereocenters. The standard InChI is InChI=1S/C15H22O4/c1-16-13-7-2-3-8-14(13)17-11-6-12-19-15-9-4-5-10-18-15/h2-3,7-8,15H,4-6,9-12H2,1H3/t15-/m0/s1. The highest BCUT2D eigenvalue weighted by molar-refractivity contribution is 5.39. The van der Waals surface area contributed by atoms with Crippen molar-refractivity contribution in [3.63, 3.8) is 0 Å². The fourth-order valence-electron chi connectivity index (χ4n) is 2.04. The fraction of sp³-hybridized carbons (Fsp3) is 0.600. The Hall–Kier alpha value is -1.26. The van der Waals surface area contributed by atoms with E-state index >= 15 is 0 Å². The van der Waals surface area contributed by atoms with Crippen molar-refractivity contribution in [3.8, 4) is 11.5 Å². The highest BCUT2D eigenvalue weighted by Crippen LogP contribution is 2.25. The number of methoxy groups -OCH3 is 1. The molecule has 1 heterocycles. The zero-order valence-corrected chi connectivity index (χ0v) is 11.5. The lowest BCUT2D eigenvalue weighted by atomic mass is 10.2. The van der Waals surface area contributed by atoms with Gasteiger partial charge in [0.2, 0.25) is 0 Å². The summed E-state index contributed by atoms with van der Waals surface area (Å²) in [6, 6.07) is 7.66. The van der Waals surface area contributed by atoms with Gasteiger partial charge in [-0.15, -0.1) is 0 Å². The maximum absolute atomic E-state index is 5.67. The second-order valence-corrected chi connectivity index (χ2v) is 4.52. The Labute approximate surface area is 114 Å². The van der Waals surface area contributed by atoms with Crippen molar-refractivity contribution in [2.45, 2.75) is 32.0 Å². The van der Waals surface area contributed by atoms with E-state index < -0.39 is 0 Å². The zero-order chi connectivity index (χ0) is 13.3. The first kappa shape index (κ1) is 14.2. The summed E-state index contributed by atoms with van der Waals surface area (Å²) in [5.41, 5.74) is 0. The summed E-state index contributed by atoms with van der Waals surface area (Å²) in [5.74, 6) is 1.54. The van der Waals surface area contributed by atoms with Gasteiger partial charge >= 0.3 is 0 Å². The highest BCUT2D eigenvalue weighted by Gasteiger charge is 2.13. The molecule has 0 bridgehead atoms. The Kier molecular flexibility index (Phi) is 5.98. The largest absolute Gasteiger partial charge is 0.493 e. The van der Waals surface area contributed by atoms with E-state index in [2.05, 4.69) is 0 Å². The molecule has 0 aliphatic carbocycles. The summed E-state index contributed by atoms with van der Waals surface area (Å²) in [6.07, 6.45) is 4.18. The minimum absolute atomic E-state index is 0.0139. The van der Waals surface area contributed by atoms with Gasteiger partial charge in [0.05, 0.1) is 20.3 Å². The molecule has 0 aromatic heterocycles. The molecule has 0 spiro atoms. The van der Waals surface area contributed by atoms with Crippen molar-refractivity contribution in [2.75, 3.05) is 26.9 Å². The molecule has 0 radical (unpaired) electrons. The van der Waals surface area contributed by atoms with Crippen LogP contribution in [0.5, 0.6) is 11.5 Å². The number of rotatable bonds is 7. The van der Waals surface area contributed by atoms with Crippen molar-refractivity contribution >= 4 is 0 Å². The smallest absolute Gasteiger partial charge is 0.161 e. The third-order valence-electron chi connectivity index (χ3n) is 3.06. The van der Waals surface area contributed by atoms with Crippen LogP contribution in [0.3, 0.4) is 0 Å². The molecular formula is C15H22O4. The first-order chi connectivity index (χ1) is 9.40. The highest BCUT2D eigenvalue weighted by atomic mass is 16.7. The van der Waals surface area contributed by atoms with E-state index in [-0.39, 0.29) is 6.29 Å². The third kappa shape index (κ3) is 4.73. The first-order valence-corrected chi connectivity index (χ1v) is 6.89. The van der Waals surface area contributed by atoms with Crippen LogP contribution in [-0.4, -0.2) is 33.2 Å². The van der Waals surface area contributed by atoms with Gasteiger partial charge in [-0.1, -0.05) is 12.1 Å². The summed E-state index contributed by atoms with van der Waals surface area (Å²) >= 11 is 0. The second-order valence-electron chi connectivity index (χ2n) is 4.52. The van der Waals surface area contributed by atoms with Gasteiger partial charge in [0.25, 0.3) is 0 Å². The predicted molar refractivity (Wildman–Crippen MR) is 72.6 cm³/mol. The Morgan fingerprint density at radius 2 is 2.00 bits per heavy atom. The molecule has 0 saturated carbocycles. The summed E-state index contributed by atoms with van der Waals surface area (Å²) in [7, 11) is 1.64. The Bertz CT molecular complexity index is 361. The minimum atomic E-state index is -0.0139. The lowest BCUT2D eigenvalue weighted by Gasteiger charge is -2.22.